The lowest BCUT2D eigenvalue weighted by atomic mass is 9.46. The predicted octanol–water partition coefficient (Wildman–Crippen LogP) is 2.21. The van der Waals surface area contributed by atoms with Crippen LogP contribution in [0.1, 0.15) is 33.6 Å². The first kappa shape index (κ1) is 6.47. The van der Waals surface area contributed by atoms with Gasteiger partial charge in [0.25, 0.3) is 0 Å². The highest BCUT2D eigenvalue weighted by atomic mass is 16.6. The molecule has 11 heavy (non-hydrogen) atoms. The van der Waals surface area contributed by atoms with Gasteiger partial charge in [0.05, 0.1) is 11.7 Å². The summed E-state index contributed by atoms with van der Waals surface area (Å²) in [7, 11) is 0. The van der Waals surface area contributed by atoms with Gasteiger partial charge in [0.15, 0.2) is 0 Å². The standard InChI is InChI=1S/C10H16O/c1-9(2)6-4-7(9)10(3)8(5-6)11-10/h6-8H,4-5H2,1-3H3/t6?,7?,8-,10+/m1/s1. The van der Waals surface area contributed by atoms with Gasteiger partial charge in [0, 0.05) is 0 Å². The summed E-state index contributed by atoms with van der Waals surface area (Å²) in [6.45, 7) is 7.13. The molecule has 62 valence electrons. The predicted molar refractivity (Wildman–Crippen MR) is 43.3 cm³/mol. The molecule has 3 saturated carbocycles. The lowest BCUT2D eigenvalue weighted by Gasteiger charge is -2.57. The molecule has 0 radical (unpaired) electrons. The molecule has 4 rings (SSSR count). The molecule has 0 aromatic heterocycles. The Balaban J connectivity index is 1.98. The molecular weight excluding hydrogens is 136 g/mol. The van der Waals surface area contributed by atoms with E-state index in [9.17, 15) is 0 Å². The first-order valence-electron chi connectivity index (χ1n) is 4.73. The van der Waals surface area contributed by atoms with Crippen LogP contribution >= 0.6 is 0 Å². The van der Waals surface area contributed by atoms with Gasteiger partial charge in [-0.05, 0) is 37.0 Å². The topological polar surface area (TPSA) is 12.5 Å². The molecule has 4 aliphatic rings. The summed E-state index contributed by atoms with van der Waals surface area (Å²) < 4.78 is 5.75. The summed E-state index contributed by atoms with van der Waals surface area (Å²) in [6, 6.07) is 0. The molecule has 1 saturated heterocycles. The fourth-order valence-electron chi connectivity index (χ4n) is 3.51. The molecule has 2 unspecified atom stereocenters. The van der Waals surface area contributed by atoms with Gasteiger partial charge in [-0.25, -0.2) is 0 Å². The summed E-state index contributed by atoms with van der Waals surface area (Å²) in [5, 5.41) is 0. The quantitative estimate of drug-likeness (QED) is 0.485. The van der Waals surface area contributed by atoms with E-state index < -0.39 is 0 Å². The van der Waals surface area contributed by atoms with Crippen molar-refractivity contribution in [3.8, 4) is 0 Å². The zero-order chi connectivity index (χ0) is 7.85. The third-order valence-corrected chi connectivity index (χ3v) is 4.64. The average molecular weight is 152 g/mol. The van der Waals surface area contributed by atoms with Crippen molar-refractivity contribution in [2.45, 2.75) is 45.3 Å². The zero-order valence-corrected chi connectivity index (χ0v) is 7.55. The number of hydrogen-bond acceptors (Lipinski definition) is 1. The van der Waals surface area contributed by atoms with Gasteiger partial charge in [-0.2, -0.15) is 0 Å². The summed E-state index contributed by atoms with van der Waals surface area (Å²) in [6.07, 6.45) is 3.40. The Morgan fingerprint density at radius 3 is 2.36 bits per heavy atom. The monoisotopic (exact) mass is 152 g/mol. The van der Waals surface area contributed by atoms with E-state index in [2.05, 4.69) is 20.8 Å². The Hall–Kier alpha value is -0.0400. The van der Waals surface area contributed by atoms with Crippen molar-refractivity contribution in [3.63, 3.8) is 0 Å². The maximum absolute atomic E-state index is 5.75. The minimum absolute atomic E-state index is 0.304. The summed E-state index contributed by atoms with van der Waals surface area (Å²) in [5.41, 5.74) is 0.889. The Morgan fingerprint density at radius 1 is 1.18 bits per heavy atom. The summed E-state index contributed by atoms with van der Waals surface area (Å²) in [5.74, 6) is 1.83. The molecule has 1 heterocycles. The molecule has 0 N–H and O–H groups in total. The van der Waals surface area contributed by atoms with E-state index in [1.807, 2.05) is 0 Å². The van der Waals surface area contributed by atoms with E-state index >= 15 is 0 Å². The van der Waals surface area contributed by atoms with Gasteiger partial charge in [-0.3, -0.25) is 0 Å². The van der Waals surface area contributed by atoms with Crippen LogP contribution in [-0.4, -0.2) is 11.7 Å². The Labute approximate surface area is 68.1 Å². The number of rotatable bonds is 0. The lowest BCUT2D eigenvalue weighted by Crippen LogP contribution is -2.56. The molecule has 3 aliphatic carbocycles. The SMILES string of the molecule is CC1(C)C2CC1[C@]1(C)O[C@@H]1C2. The first-order chi connectivity index (χ1) is 5.05. The smallest absolute Gasteiger partial charge is 0.0953 e. The molecule has 0 spiro atoms. The van der Waals surface area contributed by atoms with Crippen molar-refractivity contribution in [1.82, 2.24) is 0 Å². The maximum atomic E-state index is 5.75. The molecular formula is C10H16O. The average Bonchev–Trinajstić information content (AvgIpc) is 2.58. The van der Waals surface area contributed by atoms with Crippen LogP contribution in [0, 0.1) is 17.3 Å². The van der Waals surface area contributed by atoms with E-state index in [1.54, 1.807) is 0 Å². The fraction of sp³-hybridized carbons (Fsp3) is 1.00. The second-order valence-corrected chi connectivity index (χ2v) is 5.33. The highest BCUT2D eigenvalue weighted by Gasteiger charge is 2.72. The normalized spacial score (nSPS) is 63.0. The molecule has 2 bridgehead atoms. The van der Waals surface area contributed by atoms with E-state index in [-0.39, 0.29) is 0 Å². The molecule has 0 aromatic rings. The van der Waals surface area contributed by atoms with E-state index in [1.165, 1.54) is 12.8 Å². The van der Waals surface area contributed by atoms with Crippen LogP contribution in [0.4, 0.5) is 0 Å². The molecule has 1 aliphatic heterocycles. The molecule has 0 amide bonds. The van der Waals surface area contributed by atoms with Crippen molar-refractivity contribution in [1.29, 1.82) is 0 Å². The fourth-order valence-corrected chi connectivity index (χ4v) is 3.51. The second-order valence-electron chi connectivity index (χ2n) is 5.33. The molecule has 4 atom stereocenters. The molecule has 1 nitrogen and oxygen atoms in total. The van der Waals surface area contributed by atoms with Crippen LogP contribution < -0.4 is 0 Å². The van der Waals surface area contributed by atoms with Crippen molar-refractivity contribution in [2.75, 3.05) is 0 Å². The Morgan fingerprint density at radius 2 is 1.91 bits per heavy atom. The number of hydrogen-bond donors (Lipinski definition) is 0. The van der Waals surface area contributed by atoms with Crippen LogP contribution in [0.15, 0.2) is 0 Å². The third-order valence-electron chi connectivity index (χ3n) is 4.64. The van der Waals surface area contributed by atoms with Crippen molar-refractivity contribution < 1.29 is 4.74 Å². The minimum atomic E-state index is 0.304. The van der Waals surface area contributed by atoms with Crippen molar-refractivity contribution in [2.24, 2.45) is 17.3 Å². The molecule has 0 aromatic carbocycles. The summed E-state index contributed by atoms with van der Waals surface area (Å²) in [4.78, 5) is 0. The lowest BCUT2D eigenvalue weighted by molar-refractivity contribution is -0.0789. The second kappa shape index (κ2) is 1.39. The summed E-state index contributed by atoms with van der Waals surface area (Å²) >= 11 is 0. The van der Waals surface area contributed by atoms with Crippen LogP contribution in [0.5, 0.6) is 0 Å². The largest absolute Gasteiger partial charge is 0.366 e. The molecule has 1 heteroatoms. The van der Waals surface area contributed by atoms with Crippen LogP contribution in [0.2, 0.25) is 0 Å². The van der Waals surface area contributed by atoms with Gasteiger partial charge in [-0.1, -0.05) is 13.8 Å². The first-order valence-corrected chi connectivity index (χ1v) is 4.73. The van der Waals surface area contributed by atoms with Gasteiger partial charge >= 0.3 is 0 Å². The number of epoxide rings is 1. The van der Waals surface area contributed by atoms with Crippen molar-refractivity contribution >= 4 is 0 Å². The van der Waals surface area contributed by atoms with Gasteiger partial charge < -0.3 is 4.74 Å². The Bertz CT molecular complexity index is 216. The minimum Gasteiger partial charge on any atom is -0.366 e. The number of ether oxygens (including phenoxy) is 1. The Kier molecular flexibility index (Phi) is 0.820. The van der Waals surface area contributed by atoms with Crippen LogP contribution in [0.25, 0.3) is 0 Å². The molecule has 4 fully saturated rings. The highest BCUT2D eigenvalue weighted by Crippen LogP contribution is 2.70. The highest BCUT2D eigenvalue weighted by molar-refractivity contribution is 5.20. The zero-order valence-electron chi connectivity index (χ0n) is 7.55. The van der Waals surface area contributed by atoms with Gasteiger partial charge in [0.2, 0.25) is 0 Å². The maximum Gasteiger partial charge on any atom is 0.0953 e. The van der Waals surface area contributed by atoms with Crippen molar-refractivity contribution in [3.05, 3.63) is 0 Å². The van der Waals surface area contributed by atoms with E-state index in [0.717, 1.165) is 11.8 Å². The third kappa shape index (κ3) is 0.516. The van der Waals surface area contributed by atoms with E-state index in [0.29, 0.717) is 17.1 Å². The van der Waals surface area contributed by atoms with Gasteiger partial charge in [0.1, 0.15) is 0 Å². The van der Waals surface area contributed by atoms with Gasteiger partial charge in [-0.15, -0.1) is 0 Å². The van der Waals surface area contributed by atoms with Crippen LogP contribution in [-0.2, 0) is 4.74 Å². The van der Waals surface area contributed by atoms with Crippen LogP contribution in [0.3, 0.4) is 0 Å². The van der Waals surface area contributed by atoms with E-state index in [4.69, 9.17) is 4.74 Å².